The highest BCUT2D eigenvalue weighted by molar-refractivity contribution is 14.1. The summed E-state index contributed by atoms with van der Waals surface area (Å²) in [6.45, 7) is 0. The molecule has 0 amide bonds. The van der Waals surface area contributed by atoms with Crippen molar-refractivity contribution >= 4 is 34.2 Å². The normalized spacial score (nSPS) is 17.8. The summed E-state index contributed by atoms with van der Waals surface area (Å²) in [4.78, 5) is 0. The van der Waals surface area contributed by atoms with Crippen LogP contribution < -0.4 is 4.74 Å². The van der Waals surface area contributed by atoms with Gasteiger partial charge in [-0.1, -0.05) is 31.4 Å². The molecule has 1 aliphatic rings. The van der Waals surface area contributed by atoms with Gasteiger partial charge in [0.2, 0.25) is 0 Å². The second-order valence-corrected chi connectivity index (χ2v) is 6.93. The highest BCUT2D eigenvalue weighted by Gasteiger charge is 2.13. The van der Waals surface area contributed by atoms with Gasteiger partial charge in [0.1, 0.15) is 5.75 Å². The van der Waals surface area contributed by atoms with E-state index >= 15 is 0 Å². The summed E-state index contributed by atoms with van der Waals surface area (Å²) in [7, 11) is 0. The molecule has 0 radical (unpaired) electrons. The van der Waals surface area contributed by atoms with Crippen molar-refractivity contribution < 1.29 is 4.74 Å². The van der Waals surface area contributed by atoms with E-state index in [1.165, 1.54) is 49.7 Å². The maximum absolute atomic E-state index is 6.09. The van der Waals surface area contributed by atoms with Crippen LogP contribution in [0.25, 0.3) is 0 Å². The molecule has 1 nitrogen and oxygen atoms in total. The molecule has 3 heteroatoms. The van der Waals surface area contributed by atoms with E-state index in [-0.39, 0.29) is 4.11 Å². The number of aryl methyl sites for hydroxylation is 1. The molecule has 1 aromatic carbocycles. The van der Waals surface area contributed by atoms with Gasteiger partial charge < -0.3 is 4.74 Å². The Bertz CT molecular complexity index is 394. The van der Waals surface area contributed by atoms with Gasteiger partial charge in [0.05, 0.1) is 0 Å². The van der Waals surface area contributed by atoms with Crippen molar-refractivity contribution in [2.24, 2.45) is 0 Å². The zero-order valence-electron chi connectivity index (χ0n) is 11.3. The molecule has 1 aromatic rings. The highest BCUT2D eigenvalue weighted by Crippen LogP contribution is 2.30. The molecule has 19 heavy (non-hydrogen) atoms. The average Bonchev–Trinajstić information content (AvgIpc) is 2.51. The molecular formula is C16H22ClIO. The van der Waals surface area contributed by atoms with Gasteiger partial charge in [-0.2, -0.15) is 0 Å². The van der Waals surface area contributed by atoms with E-state index in [0.717, 1.165) is 18.6 Å². The van der Waals surface area contributed by atoms with Crippen molar-refractivity contribution in [1.29, 1.82) is 0 Å². The van der Waals surface area contributed by atoms with Crippen molar-refractivity contribution in [3.05, 3.63) is 29.3 Å². The smallest absolute Gasteiger partial charge is 0.150 e. The topological polar surface area (TPSA) is 9.23 Å². The largest absolute Gasteiger partial charge is 0.480 e. The Kier molecular flexibility index (Phi) is 6.78. The summed E-state index contributed by atoms with van der Waals surface area (Å²) in [5.74, 6) is 1.74. The van der Waals surface area contributed by atoms with Crippen LogP contribution in [0.2, 0.25) is 0 Å². The number of halogens is 2. The first-order valence-corrected chi connectivity index (χ1v) is 9.06. The molecule has 0 aliphatic heterocycles. The minimum absolute atomic E-state index is 0.175. The van der Waals surface area contributed by atoms with E-state index in [1.807, 2.05) is 0 Å². The highest BCUT2D eigenvalue weighted by atomic mass is 127. The summed E-state index contributed by atoms with van der Waals surface area (Å²) >= 11 is 8.13. The molecular weight excluding hydrogens is 371 g/mol. The van der Waals surface area contributed by atoms with Crippen molar-refractivity contribution in [2.75, 3.05) is 5.88 Å². The fourth-order valence-electron chi connectivity index (χ4n) is 2.67. The third-order valence-corrected chi connectivity index (χ3v) is 4.79. The molecule has 0 saturated carbocycles. The van der Waals surface area contributed by atoms with Gasteiger partial charge in [-0.05, 0) is 65.5 Å². The first kappa shape index (κ1) is 15.4. The number of hydrogen-bond acceptors (Lipinski definition) is 1. The van der Waals surface area contributed by atoms with Crippen molar-refractivity contribution in [2.45, 2.75) is 55.5 Å². The van der Waals surface area contributed by atoms with Crippen LogP contribution in [0.5, 0.6) is 5.75 Å². The second-order valence-electron chi connectivity index (χ2n) is 5.17. The van der Waals surface area contributed by atoms with Crippen LogP contribution in [0.3, 0.4) is 0 Å². The molecule has 0 unspecified atom stereocenters. The van der Waals surface area contributed by atoms with Crippen LogP contribution in [0.4, 0.5) is 0 Å². The molecule has 1 atom stereocenters. The number of benzene rings is 1. The second kappa shape index (κ2) is 8.35. The van der Waals surface area contributed by atoms with Crippen LogP contribution in [0, 0.1) is 0 Å². The monoisotopic (exact) mass is 392 g/mol. The predicted molar refractivity (Wildman–Crippen MR) is 90.7 cm³/mol. The molecule has 0 saturated heterocycles. The van der Waals surface area contributed by atoms with E-state index in [9.17, 15) is 0 Å². The van der Waals surface area contributed by atoms with Gasteiger partial charge in [0.15, 0.2) is 4.11 Å². The van der Waals surface area contributed by atoms with Gasteiger partial charge >= 0.3 is 0 Å². The van der Waals surface area contributed by atoms with Gasteiger partial charge in [-0.25, -0.2) is 0 Å². The molecule has 0 spiro atoms. The first-order chi connectivity index (χ1) is 9.31. The Labute approximate surface area is 135 Å². The number of ether oxygens (including phenoxy) is 1. The molecule has 2 rings (SSSR count). The lowest BCUT2D eigenvalue weighted by atomic mass is 9.98. The predicted octanol–water partition coefficient (Wildman–Crippen LogP) is 5.50. The van der Waals surface area contributed by atoms with E-state index in [2.05, 4.69) is 40.8 Å². The summed E-state index contributed by atoms with van der Waals surface area (Å²) in [5.41, 5.74) is 2.94. The van der Waals surface area contributed by atoms with Crippen LogP contribution in [0.1, 0.15) is 49.7 Å². The maximum Gasteiger partial charge on any atom is 0.150 e. The Morgan fingerprint density at radius 2 is 1.84 bits per heavy atom. The Morgan fingerprint density at radius 1 is 1.11 bits per heavy atom. The first-order valence-electron chi connectivity index (χ1n) is 7.28. The van der Waals surface area contributed by atoms with E-state index in [0.29, 0.717) is 5.88 Å². The Balaban J connectivity index is 2.16. The van der Waals surface area contributed by atoms with Crippen molar-refractivity contribution in [1.82, 2.24) is 0 Å². The molecule has 106 valence electrons. The SMILES string of the molecule is ClCC[C@H](I)Oc1cccc2c1CCCCCCC2. The molecule has 0 bridgehead atoms. The summed E-state index contributed by atoms with van der Waals surface area (Å²) in [6.07, 6.45) is 9.95. The molecule has 0 heterocycles. The van der Waals surface area contributed by atoms with Crippen LogP contribution in [0.15, 0.2) is 18.2 Å². The zero-order chi connectivity index (χ0) is 13.5. The number of rotatable bonds is 4. The van der Waals surface area contributed by atoms with Gasteiger partial charge in [-0.15, -0.1) is 11.6 Å². The minimum atomic E-state index is 0.175. The zero-order valence-corrected chi connectivity index (χ0v) is 14.3. The van der Waals surface area contributed by atoms with Crippen LogP contribution in [-0.2, 0) is 12.8 Å². The number of alkyl halides is 2. The summed E-state index contributed by atoms with van der Waals surface area (Å²) < 4.78 is 6.27. The van der Waals surface area contributed by atoms with Crippen molar-refractivity contribution in [3.8, 4) is 5.75 Å². The Hall–Kier alpha value is 0.0400. The van der Waals surface area contributed by atoms with Gasteiger partial charge in [-0.3, -0.25) is 0 Å². The number of fused-ring (bicyclic) bond motifs is 1. The van der Waals surface area contributed by atoms with E-state index in [4.69, 9.17) is 16.3 Å². The van der Waals surface area contributed by atoms with E-state index in [1.54, 1.807) is 0 Å². The van der Waals surface area contributed by atoms with Crippen LogP contribution >= 0.6 is 34.2 Å². The van der Waals surface area contributed by atoms with E-state index < -0.39 is 0 Å². The lowest BCUT2D eigenvalue weighted by Crippen LogP contribution is -2.10. The molecule has 0 aromatic heterocycles. The minimum Gasteiger partial charge on any atom is -0.480 e. The van der Waals surface area contributed by atoms with Crippen LogP contribution in [-0.4, -0.2) is 9.99 Å². The summed E-state index contributed by atoms with van der Waals surface area (Å²) in [5, 5.41) is 0. The fraction of sp³-hybridized carbons (Fsp3) is 0.625. The lowest BCUT2D eigenvalue weighted by Gasteiger charge is -2.18. The molecule has 1 aliphatic carbocycles. The average molecular weight is 393 g/mol. The lowest BCUT2D eigenvalue weighted by molar-refractivity contribution is 0.296. The third-order valence-electron chi connectivity index (χ3n) is 3.69. The number of hydrogen-bond donors (Lipinski definition) is 0. The third kappa shape index (κ3) is 4.82. The maximum atomic E-state index is 6.09. The van der Waals surface area contributed by atoms with Crippen molar-refractivity contribution in [3.63, 3.8) is 0 Å². The molecule has 0 fully saturated rings. The standard InChI is InChI=1S/C16H22ClIO/c17-12-11-16(18)19-15-10-6-8-13-7-4-2-1-3-5-9-14(13)15/h6,8,10,16H,1-5,7,9,11-12H2/t16-/m1/s1. The summed E-state index contributed by atoms with van der Waals surface area (Å²) in [6, 6.07) is 6.53. The van der Waals surface area contributed by atoms with Gasteiger partial charge in [0.25, 0.3) is 0 Å². The molecule has 0 N–H and O–H groups in total. The fourth-order valence-corrected chi connectivity index (χ4v) is 3.82. The Morgan fingerprint density at radius 3 is 2.63 bits per heavy atom. The quantitative estimate of drug-likeness (QED) is 0.485. The van der Waals surface area contributed by atoms with Gasteiger partial charge in [0, 0.05) is 12.3 Å².